The molecule has 0 heterocycles. The van der Waals surface area contributed by atoms with E-state index < -0.39 is 17.6 Å². The van der Waals surface area contributed by atoms with Crippen molar-refractivity contribution in [1.82, 2.24) is 0 Å². The number of benzene rings is 2. The van der Waals surface area contributed by atoms with Crippen molar-refractivity contribution in [1.29, 1.82) is 0 Å². The Hall–Kier alpha value is -1.02. The normalized spacial score (nSPS) is 11.5. The molecule has 0 saturated heterocycles. The van der Waals surface area contributed by atoms with Crippen molar-refractivity contribution in [3.8, 4) is 0 Å². The van der Waals surface area contributed by atoms with Gasteiger partial charge in [-0.05, 0) is 64.6 Å². The van der Waals surface area contributed by atoms with Gasteiger partial charge >= 0.3 is 6.18 Å². The Morgan fingerprint density at radius 2 is 1.81 bits per heavy atom. The molecular formula is C14H9ClF4IN. The smallest absolute Gasteiger partial charge is 0.380 e. The second kappa shape index (κ2) is 6.39. The minimum atomic E-state index is -4.56. The molecule has 112 valence electrons. The molecule has 1 N–H and O–H groups in total. The fourth-order valence-corrected chi connectivity index (χ4v) is 2.81. The monoisotopic (exact) mass is 429 g/mol. The first kappa shape index (κ1) is 16.4. The van der Waals surface area contributed by atoms with Crippen LogP contribution in [0.15, 0.2) is 36.4 Å². The Morgan fingerprint density at radius 3 is 2.43 bits per heavy atom. The summed E-state index contributed by atoms with van der Waals surface area (Å²) in [6.45, 7) is 0.0818. The first-order valence-corrected chi connectivity index (χ1v) is 7.27. The highest BCUT2D eigenvalue weighted by molar-refractivity contribution is 14.1. The summed E-state index contributed by atoms with van der Waals surface area (Å²) in [5, 5.41) is 3.53. The molecule has 21 heavy (non-hydrogen) atoms. The molecule has 0 bridgehead atoms. The molecule has 2 aromatic carbocycles. The van der Waals surface area contributed by atoms with Crippen LogP contribution in [0.5, 0.6) is 0 Å². The van der Waals surface area contributed by atoms with E-state index in [4.69, 9.17) is 11.6 Å². The molecule has 2 aromatic rings. The van der Waals surface area contributed by atoms with Crippen molar-refractivity contribution in [2.45, 2.75) is 12.7 Å². The fourth-order valence-electron chi connectivity index (χ4n) is 1.75. The maximum absolute atomic E-state index is 13.3. The zero-order chi connectivity index (χ0) is 15.6. The Kier molecular flexibility index (Phi) is 4.98. The molecule has 2 rings (SSSR count). The van der Waals surface area contributed by atoms with Crippen LogP contribution in [0.1, 0.15) is 11.1 Å². The number of anilines is 1. The molecule has 0 radical (unpaired) electrons. The first-order chi connectivity index (χ1) is 9.75. The van der Waals surface area contributed by atoms with E-state index in [1.165, 1.54) is 0 Å². The van der Waals surface area contributed by atoms with Crippen LogP contribution in [0.4, 0.5) is 23.2 Å². The van der Waals surface area contributed by atoms with Gasteiger partial charge < -0.3 is 5.32 Å². The van der Waals surface area contributed by atoms with Crippen molar-refractivity contribution in [2.24, 2.45) is 0 Å². The molecule has 0 aliphatic rings. The molecule has 0 atom stereocenters. The maximum atomic E-state index is 13.3. The van der Waals surface area contributed by atoms with E-state index in [-0.39, 0.29) is 12.1 Å². The molecule has 1 nitrogen and oxygen atoms in total. The van der Waals surface area contributed by atoms with Gasteiger partial charge in [0.2, 0.25) is 0 Å². The largest absolute Gasteiger partial charge is 0.416 e. The van der Waals surface area contributed by atoms with Crippen LogP contribution in [-0.2, 0) is 12.7 Å². The van der Waals surface area contributed by atoms with E-state index in [0.717, 1.165) is 21.4 Å². The van der Waals surface area contributed by atoms with Crippen LogP contribution in [0.3, 0.4) is 0 Å². The molecule has 0 spiro atoms. The van der Waals surface area contributed by atoms with Gasteiger partial charge in [0.15, 0.2) is 0 Å². The zero-order valence-electron chi connectivity index (χ0n) is 10.4. The van der Waals surface area contributed by atoms with E-state index in [1.807, 2.05) is 0 Å². The predicted octanol–water partition coefficient (Wildman–Crippen LogP) is 5.71. The van der Waals surface area contributed by atoms with E-state index in [9.17, 15) is 17.6 Å². The number of hydrogen-bond donors (Lipinski definition) is 1. The maximum Gasteiger partial charge on any atom is 0.416 e. The highest BCUT2D eigenvalue weighted by Crippen LogP contribution is 2.31. The van der Waals surface area contributed by atoms with Gasteiger partial charge in [-0.2, -0.15) is 13.2 Å². The number of halogens is 6. The third kappa shape index (κ3) is 4.47. The van der Waals surface area contributed by atoms with E-state index >= 15 is 0 Å². The third-order valence-corrected chi connectivity index (χ3v) is 3.83. The predicted molar refractivity (Wildman–Crippen MR) is 82.9 cm³/mol. The van der Waals surface area contributed by atoms with Crippen LogP contribution in [0.25, 0.3) is 0 Å². The summed E-state index contributed by atoms with van der Waals surface area (Å²) in [5.41, 5.74) is -0.0593. The SMILES string of the molecule is Fc1cc(CNc2ccc(Cl)cc2I)cc(C(F)(F)F)c1. The van der Waals surface area contributed by atoms with Crippen molar-refractivity contribution < 1.29 is 17.6 Å². The number of alkyl halides is 3. The lowest BCUT2D eigenvalue weighted by Gasteiger charge is -2.12. The lowest BCUT2D eigenvalue weighted by Crippen LogP contribution is -2.08. The van der Waals surface area contributed by atoms with Gasteiger partial charge in [0.25, 0.3) is 0 Å². The van der Waals surface area contributed by atoms with Crippen molar-refractivity contribution >= 4 is 39.9 Å². The summed E-state index contributed by atoms with van der Waals surface area (Å²) in [6.07, 6.45) is -4.56. The first-order valence-electron chi connectivity index (χ1n) is 5.81. The van der Waals surface area contributed by atoms with E-state index in [2.05, 4.69) is 27.9 Å². The Morgan fingerprint density at radius 1 is 1.10 bits per heavy atom. The molecular weight excluding hydrogens is 421 g/mol. The zero-order valence-corrected chi connectivity index (χ0v) is 13.4. The Bertz CT molecular complexity index is 658. The number of hydrogen-bond acceptors (Lipinski definition) is 1. The van der Waals surface area contributed by atoms with Crippen LogP contribution in [0, 0.1) is 9.39 Å². The lowest BCUT2D eigenvalue weighted by atomic mass is 10.1. The van der Waals surface area contributed by atoms with Gasteiger partial charge in [-0.25, -0.2) is 4.39 Å². The highest BCUT2D eigenvalue weighted by Gasteiger charge is 2.31. The second-order valence-corrected chi connectivity index (χ2v) is 5.92. The van der Waals surface area contributed by atoms with Gasteiger partial charge in [0, 0.05) is 20.8 Å². The fraction of sp³-hybridized carbons (Fsp3) is 0.143. The molecule has 0 aromatic heterocycles. The Balaban J connectivity index is 2.18. The van der Waals surface area contributed by atoms with Gasteiger partial charge in [-0.15, -0.1) is 0 Å². The minimum Gasteiger partial charge on any atom is -0.380 e. The summed E-state index contributed by atoms with van der Waals surface area (Å²) < 4.78 is 51.9. The van der Waals surface area contributed by atoms with Crippen LogP contribution in [-0.4, -0.2) is 0 Å². The quantitative estimate of drug-likeness (QED) is 0.486. The standard InChI is InChI=1S/C14H9ClF4IN/c15-10-1-2-13(12(20)6-10)21-7-8-3-9(14(17,18)19)5-11(16)4-8/h1-6,21H,7H2. The molecule has 0 amide bonds. The van der Waals surface area contributed by atoms with Crippen LogP contribution >= 0.6 is 34.2 Å². The average molecular weight is 430 g/mol. The number of nitrogens with one attached hydrogen (secondary N) is 1. The van der Waals surface area contributed by atoms with E-state index in [1.54, 1.807) is 18.2 Å². The molecule has 0 aliphatic heterocycles. The van der Waals surface area contributed by atoms with Gasteiger partial charge in [-0.3, -0.25) is 0 Å². The van der Waals surface area contributed by atoms with Crippen molar-refractivity contribution in [3.63, 3.8) is 0 Å². The average Bonchev–Trinajstić information content (AvgIpc) is 2.36. The highest BCUT2D eigenvalue weighted by atomic mass is 127. The third-order valence-electron chi connectivity index (χ3n) is 2.70. The molecule has 0 aliphatic carbocycles. The van der Waals surface area contributed by atoms with Crippen LogP contribution < -0.4 is 5.32 Å². The molecule has 0 fully saturated rings. The van der Waals surface area contributed by atoms with Gasteiger partial charge in [-0.1, -0.05) is 11.6 Å². The summed E-state index contributed by atoms with van der Waals surface area (Å²) in [5.74, 6) is -0.910. The summed E-state index contributed by atoms with van der Waals surface area (Å²) in [4.78, 5) is 0. The lowest BCUT2D eigenvalue weighted by molar-refractivity contribution is -0.137. The molecule has 0 unspecified atom stereocenters. The van der Waals surface area contributed by atoms with Crippen molar-refractivity contribution in [3.05, 3.63) is 61.9 Å². The minimum absolute atomic E-state index is 0.0818. The number of rotatable bonds is 3. The summed E-state index contributed by atoms with van der Waals surface area (Å²) >= 11 is 7.87. The van der Waals surface area contributed by atoms with Crippen LogP contribution in [0.2, 0.25) is 5.02 Å². The van der Waals surface area contributed by atoms with Gasteiger partial charge in [0.05, 0.1) is 5.56 Å². The van der Waals surface area contributed by atoms with Gasteiger partial charge in [0.1, 0.15) is 5.82 Å². The topological polar surface area (TPSA) is 12.0 Å². The molecule has 7 heteroatoms. The summed E-state index contributed by atoms with van der Waals surface area (Å²) in [6, 6.07) is 7.59. The second-order valence-electron chi connectivity index (χ2n) is 4.32. The summed E-state index contributed by atoms with van der Waals surface area (Å²) in [7, 11) is 0. The van der Waals surface area contributed by atoms with E-state index in [0.29, 0.717) is 11.1 Å². The Labute approximate surface area is 137 Å². The molecule has 0 saturated carbocycles. The van der Waals surface area contributed by atoms with Crippen molar-refractivity contribution in [2.75, 3.05) is 5.32 Å².